The highest BCUT2D eigenvalue weighted by molar-refractivity contribution is 7.88. The molecule has 0 spiro atoms. The van der Waals surface area contributed by atoms with Crippen molar-refractivity contribution in [2.24, 2.45) is 5.92 Å². The molecule has 3 rings (SSSR count). The van der Waals surface area contributed by atoms with Crippen LogP contribution >= 0.6 is 0 Å². The van der Waals surface area contributed by atoms with Gasteiger partial charge >= 0.3 is 0 Å². The van der Waals surface area contributed by atoms with Crippen molar-refractivity contribution in [1.82, 2.24) is 9.62 Å². The highest BCUT2D eigenvalue weighted by atomic mass is 32.2. The standard InChI is InChI=1S/C25H34N2O3S/c1-5-24(23-10-9-19(3)20(4)16-23)26-25(28)22-11-13-27(14-12-22)31(29,30)17-21-8-6-7-18(2)15-21/h6-10,15-16,22,24H,5,11-14,17H2,1-4H3,(H,26,28)/t24-/m1/s1. The summed E-state index contributed by atoms with van der Waals surface area (Å²) >= 11 is 0. The number of hydrogen-bond donors (Lipinski definition) is 1. The van der Waals surface area contributed by atoms with Gasteiger partial charge in [-0.15, -0.1) is 0 Å². The maximum Gasteiger partial charge on any atom is 0.223 e. The first-order valence-corrected chi connectivity index (χ1v) is 12.7. The molecular formula is C25H34N2O3S. The van der Waals surface area contributed by atoms with E-state index in [-0.39, 0.29) is 23.6 Å². The molecule has 6 heteroatoms. The summed E-state index contributed by atoms with van der Waals surface area (Å²) in [5.74, 6) is -0.109. The van der Waals surface area contributed by atoms with Crippen molar-refractivity contribution in [3.63, 3.8) is 0 Å². The second kappa shape index (κ2) is 9.96. The van der Waals surface area contributed by atoms with Crippen molar-refractivity contribution in [1.29, 1.82) is 0 Å². The molecule has 1 aliphatic heterocycles. The fraction of sp³-hybridized carbons (Fsp3) is 0.480. The van der Waals surface area contributed by atoms with Crippen LogP contribution in [-0.4, -0.2) is 31.7 Å². The fourth-order valence-corrected chi connectivity index (χ4v) is 5.74. The summed E-state index contributed by atoms with van der Waals surface area (Å²) in [6.07, 6.45) is 1.93. The zero-order valence-electron chi connectivity index (χ0n) is 19.0. The summed E-state index contributed by atoms with van der Waals surface area (Å²) in [7, 11) is -3.38. The quantitative estimate of drug-likeness (QED) is 0.690. The van der Waals surface area contributed by atoms with Gasteiger partial charge < -0.3 is 5.32 Å². The van der Waals surface area contributed by atoms with Crippen molar-refractivity contribution in [3.05, 3.63) is 70.3 Å². The molecule has 0 unspecified atom stereocenters. The van der Waals surface area contributed by atoms with E-state index in [1.165, 1.54) is 11.1 Å². The Balaban J connectivity index is 1.58. The van der Waals surface area contributed by atoms with Crippen LogP contribution < -0.4 is 5.32 Å². The molecule has 31 heavy (non-hydrogen) atoms. The highest BCUT2D eigenvalue weighted by Crippen LogP contribution is 2.25. The molecular weight excluding hydrogens is 408 g/mol. The fourth-order valence-electron chi connectivity index (χ4n) is 4.19. The predicted octanol–water partition coefficient (Wildman–Crippen LogP) is 4.42. The second-order valence-corrected chi connectivity index (χ2v) is 10.7. The third-order valence-electron chi connectivity index (χ3n) is 6.31. The summed E-state index contributed by atoms with van der Waals surface area (Å²) in [4.78, 5) is 12.9. The number of hydrogen-bond acceptors (Lipinski definition) is 3. The minimum absolute atomic E-state index is 0.0101. The summed E-state index contributed by atoms with van der Waals surface area (Å²) in [6, 6.07) is 13.9. The number of carbonyl (C=O) groups excluding carboxylic acids is 1. The Labute approximate surface area is 186 Å². The van der Waals surface area contributed by atoms with Gasteiger partial charge in [-0.1, -0.05) is 55.0 Å². The SMILES string of the molecule is CC[C@@H](NC(=O)C1CCN(S(=O)(=O)Cc2cccc(C)c2)CC1)c1ccc(C)c(C)c1. The van der Waals surface area contributed by atoms with Gasteiger partial charge in [0.25, 0.3) is 0 Å². The van der Waals surface area contributed by atoms with Crippen molar-refractivity contribution in [3.8, 4) is 0 Å². The topological polar surface area (TPSA) is 66.5 Å². The molecule has 1 amide bonds. The van der Waals surface area contributed by atoms with Gasteiger partial charge in [-0.05, 0) is 62.3 Å². The molecule has 0 bridgehead atoms. The van der Waals surface area contributed by atoms with E-state index in [4.69, 9.17) is 0 Å². The number of carbonyl (C=O) groups is 1. The smallest absolute Gasteiger partial charge is 0.223 e. The largest absolute Gasteiger partial charge is 0.349 e. The third kappa shape index (κ3) is 5.95. The molecule has 0 radical (unpaired) electrons. The lowest BCUT2D eigenvalue weighted by molar-refractivity contribution is -0.126. The minimum Gasteiger partial charge on any atom is -0.349 e. The van der Waals surface area contributed by atoms with Gasteiger partial charge in [0.2, 0.25) is 15.9 Å². The Hall–Kier alpha value is -2.18. The minimum atomic E-state index is -3.38. The Kier molecular flexibility index (Phi) is 7.55. The van der Waals surface area contributed by atoms with Gasteiger partial charge in [-0.25, -0.2) is 12.7 Å². The summed E-state index contributed by atoms with van der Waals surface area (Å²) in [5, 5.41) is 3.19. The predicted molar refractivity (Wildman–Crippen MR) is 125 cm³/mol. The van der Waals surface area contributed by atoms with E-state index in [1.807, 2.05) is 31.2 Å². The summed E-state index contributed by atoms with van der Waals surface area (Å²) in [6.45, 7) is 8.99. The highest BCUT2D eigenvalue weighted by Gasteiger charge is 2.32. The molecule has 1 saturated heterocycles. The van der Waals surface area contributed by atoms with Crippen LogP contribution in [0.15, 0.2) is 42.5 Å². The molecule has 1 aliphatic rings. The average molecular weight is 443 g/mol. The van der Waals surface area contributed by atoms with Crippen LogP contribution in [0.3, 0.4) is 0 Å². The van der Waals surface area contributed by atoms with Crippen molar-refractivity contribution >= 4 is 15.9 Å². The maximum atomic E-state index is 12.9. The molecule has 0 aliphatic carbocycles. The van der Waals surface area contributed by atoms with Crippen molar-refractivity contribution in [2.45, 2.75) is 58.8 Å². The second-order valence-electron chi connectivity index (χ2n) is 8.73. The lowest BCUT2D eigenvalue weighted by Crippen LogP contribution is -2.44. The molecule has 2 aromatic rings. The summed E-state index contributed by atoms with van der Waals surface area (Å²) in [5.41, 5.74) is 5.44. The average Bonchev–Trinajstić information content (AvgIpc) is 2.73. The zero-order chi connectivity index (χ0) is 22.6. The Morgan fingerprint density at radius 2 is 1.77 bits per heavy atom. The van der Waals surface area contributed by atoms with Crippen LogP contribution in [0.25, 0.3) is 0 Å². The molecule has 1 heterocycles. The van der Waals surface area contributed by atoms with E-state index in [1.54, 1.807) is 4.31 Å². The first-order chi connectivity index (χ1) is 14.7. The molecule has 0 aromatic heterocycles. The Bertz CT molecular complexity index is 1020. The number of aryl methyl sites for hydroxylation is 3. The molecule has 1 N–H and O–H groups in total. The first kappa shape index (κ1) is 23.5. The van der Waals surface area contributed by atoms with Crippen LogP contribution in [0.5, 0.6) is 0 Å². The van der Waals surface area contributed by atoms with Crippen LogP contribution in [0, 0.1) is 26.7 Å². The number of piperidine rings is 1. The van der Waals surface area contributed by atoms with Crippen LogP contribution in [0.4, 0.5) is 0 Å². The number of rotatable bonds is 7. The van der Waals surface area contributed by atoms with Gasteiger partial charge in [0.1, 0.15) is 0 Å². The summed E-state index contributed by atoms with van der Waals surface area (Å²) < 4.78 is 27.2. The van der Waals surface area contributed by atoms with Gasteiger partial charge in [-0.3, -0.25) is 4.79 Å². The van der Waals surface area contributed by atoms with Crippen LogP contribution in [-0.2, 0) is 20.6 Å². The monoisotopic (exact) mass is 442 g/mol. The number of benzene rings is 2. The van der Waals surface area contributed by atoms with Crippen LogP contribution in [0.2, 0.25) is 0 Å². The number of nitrogens with one attached hydrogen (secondary N) is 1. The van der Waals surface area contributed by atoms with E-state index < -0.39 is 10.0 Å². The molecule has 5 nitrogen and oxygen atoms in total. The van der Waals surface area contributed by atoms with Crippen molar-refractivity contribution in [2.75, 3.05) is 13.1 Å². The molecule has 0 saturated carbocycles. The Morgan fingerprint density at radius 1 is 1.06 bits per heavy atom. The lowest BCUT2D eigenvalue weighted by atomic mass is 9.95. The van der Waals surface area contributed by atoms with E-state index in [2.05, 4.69) is 44.3 Å². The van der Waals surface area contributed by atoms with E-state index in [0.29, 0.717) is 25.9 Å². The normalized spacial score (nSPS) is 16.8. The molecule has 1 atom stereocenters. The lowest BCUT2D eigenvalue weighted by Gasteiger charge is -2.31. The van der Waals surface area contributed by atoms with Gasteiger partial charge in [-0.2, -0.15) is 0 Å². The van der Waals surface area contributed by atoms with Gasteiger partial charge in [0, 0.05) is 19.0 Å². The van der Waals surface area contributed by atoms with Crippen LogP contribution in [0.1, 0.15) is 60.0 Å². The third-order valence-corrected chi connectivity index (χ3v) is 8.16. The molecule has 168 valence electrons. The van der Waals surface area contributed by atoms with E-state index in [9.17, 15) is 13.2 Å². The number of sulfonamides is 1. The zero-order valence-corrected chi connectivity index (χ0v) is 19.8. The number of amides is 1. The maximum absolute atomic E-state index is 12.9. The molecule has 2 aromatic carbocycles. The van der Waals surface area contributed by atoms with E-state index >= 15 is 0 Å². The Morgan fingerprint density at radius 3 is 2.39 bits per heavy atom. The van der Waals surface area contributed by atoms with E-state index in [0.717, 1.165) is 23.1 Å². The van der Waals surface area contributed by atoms with Gasteiger partial charge in [0.15, 0.2) is 0 Å². The van der Waals surface area contributed by atoms with Crippen molar-refractivity contribution < 1.29 is 13.2 Å². The van der Waals surface area contributed by atoms with Gasteiger partial charge in [0.05, 0.1) is 11.8 Å². The molecule has 1 fully saturated rings. The number of nitrogens with zero attached hydrogens (tertiary/aromatic N) is 1. The first-order valence-electron chi connectivity index (χ1n) is 11.1.